The van der Waals surface area contributed by atoms with Gasteiger partial charge in [-0.2, -0.15) is 4.98 Å². The molecule has 0 amide bonds. The van der Waals surface area contributed by atoms with Crippen molar-refractivity contribution in [2.75, 3.05) is 0 Å². The van der Waals surface area contributed by atoms with Crippen molar-refractivity contribution in [3.63, 3.8) is 0 Å². The van der Waals surface area contributed by atoms with Crippen LogP contribution in [-0.2, 0) is 19.5 Å². The van der Waals surface area contributed by atoms with Gasteiger partial charge < -0.3 is 14.4 Å². The summed E-state index contributed by atoms with van der Waals surface area (Å²) in [6, 6.07) is 0.458. The molecule has 2 rings (SSSR count). The van der Waals surface area contributed by atoms with E-state index in [1.807, 2.05) is 17.7 Å². The molecular formula is C12H19N5O. The van der Waals surface area contributed by atoms with Gasteiger partial charge in [0.15, 0.2) is 5.82 Å². The van der Waals surface area contributed by atoms with E-state index in [2.05, 4.69) is 34.3 Å². The van der Waals surface area contributed by atoms with Crippen LogP contribution in [0.1, 0.15) is 38.2 Å². The number of rotatable bonds is 6. The maximum absolute atomic E-state index is 5.06. The Kier molecular flexibility index (Phi) is 4.09. The highest BCUT2D eigenvalue weighted by Gasteiger charge is 2.06. The summed E-state index contributed by atoms with van der Waals surface area (Å²) >= 11 is 0. The zero-order valence-electron chi connectivity index (χ0n) is 11.1. The first-order valence-electron chi connectivity index (χ1n) is 6.23. The van der Waals surface area contributed by atoms with E-state index < -0.39 is 0 Å². The average molecular weight is 249 g/mol. The molecule has 6 heteroatoms. The zero-order chi connectivity index (χ0) is 13.0. The molecular weight excluding hydrogens is 230 g/mol. The summed E-state index contributed by atoms with van der Waals surface area (Å²) in [7, 11) is 0. The predicted molar refractivity (Wildman–Crippen MR) is 67.0 cm³/mol. The van der Waals surface area contributed by atoms with E-state index in [4.69, 9.17) is 4.52 Å². The summed E-state index contributed by atoms with van der Waals surface area (Å²) in [4.78, 5) is 8.59. The second-order valence-electron chi connectivity index (χ2n) is 4.53. The third-order valence-corrected chi connectivity index (χ3v) is 2.51. The van der Waals surface area contributed by atoms with Crippen molar-refractivity contribution < 1.29 is 4.52 Å². The topological polar surface area (TPSA) is 68.8 Å². The summed E-state index contributed by atoms with van der Waals surface area (Å²) in [5.41, 5.74) is 1.02. The monoisotopic (exact) mass is 249 g/mol. The van der Waals surface area contributed by atoms with Gasteiger partial charge in [0.1, 0.15) is 0 Å². The Morgan fingerprint density at radius 2 is 2.28 bits per heavy atom. The molecule has 0 radical (unpaired) electrons. The van der Waals surface area contributed by atoms with Crippen molar-refractivity contribution in [2.24, 2.45) is 0 Å². The molecule has 2 aromatic rings. The number of hydrogen-bond acceptors (Lipinski definition) is 5. The lowest BCUT2D eigenvalue weighted by Crippen LogP contribution is -2.21. The van der Waals surface area contributed by atoms with Crippen molar-refractivity contribution in [2.45, 2.75) is 46.3 Å². The number of imidazole rings is 1. The zero-order valence-corrected chi connectivity index (χ0v) is 11.1. The molecule has 0 unspecified atom stereocenters. The van der Waals surface area contributed by atoms with Gasteiger partial charge in [0, 0.05) is 25.2 Å². The lowest BCUT2D eigenvalue weighted by Gasteiger charge is -2.04. The Morgan fingerprint density at radius 1 is 1.44 bits per heavy atom. The van der Waals surface area contributed by atoms with Crippen LogP contribution in [0.4, 0.5) is 0 Å². The van der Waals surface area contributed by atoms with E-state index in [9.17, 15) is 0 Å². The lowest BCUT2D eigenvalue weighted by molar-refractivity contribution is 0.375. The van der Waals surface area contributed by atoms with Crippen LogP contribution in [-0.4, -0.2) is 25.7 Å². The molecule has 0 aliphatic heterocycles. The van der Waals surface area contributed by atoms with Crippen LogP contribution in [0.5, 0.6) is 0 Å². The molecule has 0 saturated carbocycles. The maximum Gasteiger partial charge on any atom is 0.226 e. The van der Waals surface area contributed by atoms with Gasteiger partial charge in [-0.05, 0) is 0 Å². The Bertz CT molecular complexity index is 488. The number of aryl methyl sites for hydroxylation is 1. The van der Waals surface area contributed by atoms with E-state index in [-0.39, 0.29) is 0 Å². The summed E-state index contributed by atoms with van der Waals surface area (Å²) in [5.74, 6) is 1.36. The molecule has 2 aromatic heterocycles. The fourth-order valence-electron chi connectivity index (χ4n) is 1.55. The highest BCUT2D eigenvalue weighted by atomic mass is 16.5. The van der Waals surface area contributed by atoms with Crippen molar-refractivity contribution in [3.05, 3.63) is 29.9 Å². The van der Waals surface area contributed by atoms with Crippen LogP contribution in [0, 0.1) is 0 Å². The molecule has 98 valence electrons. The first-order chi connectivity index (χ1) is 8.67. The minimum absolute atomic E-state index is 0.458. The molecule has 6 nitrogen and oxygen atoms in total. The summed E-state index contributed by atoms with van der Waals surface area (Å²) in [6.45, 7) is 7.59. The van der Waals surface area contributed by atoms with Crippen LogP contribution in [0.2, 0.25) is 0 Å². The smallest absolute Gasteiger partial charge is 0.226 e. The Balaban J connectivity index is 1.93. The van der Waals surface area contributed by atoms with Crippen LogP contribution < -0.4 is 5.32 Å². The number of nitrogens with one attached hydrogen (secondary N) is 1. The van der Waals surface area contributed by atoms with Crippen LogP contribution in [0.15, 0.2) is 17.0 Å². The first-order valence-corrected chi connectivity index (χ1v) is 6.23. The molecule has 0 saturated heterocycles. The summed E-state index contributed by atoms with van der Waals surface area (Å²) in [5, 5.41) is 7.24. The van der Waals surface area contributed by atoms with Crippen molar-refractivity contribution in [1.29, 1.82) is 0 Å². The van der Waals surface area contributed by atoms with Gasteiger partial charge in [-0.25, -0.2) is 4.98 Å². The molecule has 0 aliphatic rings. The van der Waals surface area contributed by atoms with Crippen LogP contribution >= 0.6 is 0 Å². The molecule has 0 aliphatic carbocycles. The summed E-state index contributed by atoms with van der Waals surface area (Å²) in [6.07, 6.45) is 4.55. The molecule has 2 heterocycles. The Hall–Kier alpha value is -1.69. The largest absolute Gasteiger partial charge is 0.339 e. The van der Waals surface area contributed by atoms with Crippen molar-refractivity contribution >= 4 is 0 Å². The molecule has 0 spiro atoms. The van der Waals surface area contributed by atoms with Crippen molar-refractivity contribution in [1.82, 2.24) is 25.0 Å². The Morgan fingerprint density at radius 3 is 2.94 bits per heavy atom. The molecule has 0 aromatic carbocycles. The fraction of sp³-hybridized carbons (Fsp3) is 0.583. The van der Waals surface area contributed by atoms with Gasteiger partial charge >= 0.3 is 0 Å². The minimum atomic E-state index is 0.458. The van der Waals surface area contributed by atoms with Gasteiger partial charge in [0.2, 0.25) is 5.89 Å². The first kappa shape index (κ1) is 12.8. The maximum atomic E-state index is 5.06. The highest BCUT2D eigenvalue weighted by Crippen LogP contribution is 2.03. The molecule has 0 atom stereocenters. The van der Waals surface area contributed by atoms with Gasteiger partial charge in [-0.15, -0.1) is 0 Å². The minimum Gasteiger partial charge on any atom is -0.339 e. The van der Waals surface area contributed by atoms with E-state index in [0.29, 0.717) is 24.3 Å². The van der Waals surface area contributed by atoms with Gasteiger partial charge in [0.05, 0.1) is 18.6 Å². The third kappa shape index (κ3) is 3.40. The molecule has 18 heavy (non-hydrogen) atoms. The van der Waals surface area contributed by atoms with Gasteiger partial charge in [-0.1, -0.05) is 25.9 Å². The van der Waals surface area contributed by atoms with E-state index in [1.165, 1.54) is 0 Å². The number of aromatic nitrogens is 4. The number of hydrogen-bond donors (Lipinski definition) is 1. The molecule has 0 bridgehead atoms. The van der Waals surface area contributed by atoms with E-state index in [0.717, 1.165) is 18.7 Å². The number of nitrogens with zero attached hydrogens (tertiary/aromatic N) is 4. The summed E-state index contributed by atoms with van der Waals surface area (Å²) < 4.78 is 7.02. The normalized spacial score (nSPS) is 11.3. The van der Waals surface area contributed by atoms with E-state index >= 15 is 0 Å². The molecule has 1 N–H and O–H groups in total. The van der Waals surface area contributed by atoms with Crippen LogP contribution in [0.3, 0.4) is 0 Å². The highest BCUT2D eigenvalue weighted by molar-refractivity contribution is 4.98. The third-order valence-electron chi connectivity index (χ3n) is 2.51. The van der Waals surface area contributed by atoms with Crippen molar-refractivity contribution in [3.8, 4) is 0 Å². The fourth-order valence-corrected chi connectivity index (χ4v) is 1.55. The van der Waals surface area contributed by atoms with Gasteiger partial charge in [-0.3, -0.25) is 0 Å². The standard InChI is InChI=1S/C12H19N5O/c1-4-12-15-11(16-18-12)7-17-6-10(14-8-17)5-13-9(2)3/h6,8-9,13H,4-5,7H2,1-3H3. The second kappa shape index (κ2) is 5.77. The van der Waals surface area contributed by atoms with E-state index in [1.54, 1.807) is 6.33 Å². The Labute approximate surface area is 106 Å². The van der Waals surface area contributed by atoms with Gasteiger partial charge in [0.25, 0.3) is 0 Å². The van der Waals surface area contributed by atoms with Crippen LogP contribution in [0.25, 0.3) is 0 Å². The quantitative estimate of drug-likeness (QED) is 0.837. The second-order valence-corrected chi connectivity index (χ2v) is 4.53. The lowest BCUT2D eigenvalue weighted by atomic mass is 10.3. The average Bonchev–Trinajstić information content (AvgIpc) is 2.96. The predicted octanol–water partition coefficient (Wildman–Crippen LogP) is 1.37. The molecule has 0 fully saturated rings. The SMILES string of the molecule is CCc1nc(Cn2cnc(CNC(C)C)c2)no1.